The van der Waals surface area contributed by atoms with Gasteiger partial charge in [-0.05, 0) is 117 Å². The Balaban J connectivity index is 0.000000236. The predicted molar refractivity (Wildman–Crippen MR) is 355 cm³/mol. The van der Waals surface area contributed by atoms with E-state index in [-0.39, 0.29) is 45.3 Å². The molecule has 0 unspecified atom stereocenters. The van der Waals surface area contributed by atoms with E-state index in [1.54, 1.807) is 48.6 Å². The molecule has 2 aliphatic carbocycles. The first-order valence-electron chi connectivity index (χ1n) is 28.4. The number of hydrogen-bond acceptors (Lipinski definition) is 16. The van der Waals surface area contributed by atoms with Crippen molar-refractivity contribution in [2.75, 3.05) is 38.0 Å². The van der Waals surface area contributed by atoms with Crippen LogP contribution in [0.4, 0.5) is 11.4 Å². The maximum absolute atomic E-state index is 12.5. The van der Waals surface area contributed by atoms with Gasteiger partial charge < -0.3 is 38.2 Å². The van der Waals surface area contributed by atoms with Crippen LogP contribution in [0.1, 0.15) is 44.5 Å². The first-order valence-corrected chi connectivity index (χ1v) is 34.0. The largest absolute Gasteiger partial charge is 2.00 e. The molecule has 2 aliphatic rings. The minimum atomic E-state index is -5.31. The van der Waals surface area contributed by atoms with Crippen LogP contribution in [-0.2, 0) is 66.7 Å². The van der Waals surface area contributed by atoms with Gasteiger partial charge in [0.15, 0.2) is 24.5 Å². The second-order valence-corrected chi connectivity index (χ2v) is 27.1. The SMILES string of the molecule is CN(Cc1ccccc1)c1ccc(C(=C2C=CC(=[N+](C)Cc3ccccc3)C=C2)c2cc(O)c(S(=O)(=O)[O-])cc2S(=O)(=O)[O-])cc1.CN(Cc1ccccc1)c1ccc(C(=C2C=CC(=[N+](C)Cc3ccccc3)C=C2)c2cc(O)c(S(=O)(=O)[O-])cc2S(=O)(=O)[O-])cc1.[Mg+2]. The number of phenolic OH excluding ortho intramolecular Hbond substituents is 2. The Bertz CT molecular complexity index is 4490. The van der Waals surface area contributed by atoms with Crippen LogP contribution in [0.3, 0.4) is 0 Å². The molecule has 93 heavy (non-hydrogen) atoms. The fourth-order valence-corrected chi connectivity index (χ4v) is 13.3. The molecule has 10 rings (SSSR count). The minimum absolute atomic E-state index is 0. The zero-order valence-corrected chi connectivity index (χ0v) is 55.5. The van der Waals surface area contributed by atoms with E-state index in [9.17, 15) is 62.1 Å². The van der Waals surface area contributed by atoms with Crippen molar-refractivity contribution in [2.24, 2.45) is 0 Å². The molecule has 2 N–H and O–H groups in total. The molecule has 0 saturated carbocycles. The molecular formula is C70H62MgN4O14S4. The van der Waals surface area contributed by atoms with Gasteiger partial charge in [-0.25, -0.2) is 42.8 Å². The van der Waals surface area contributed by atoms with Gasteiger partial charge >= 0.3 is 23.1 Å². The third-order valence-electron chi connectivity index (χ3n) is 15.2. The average Bonchev–Trinajstić information content (AvgIpc) is 0.772. The second-order valence-electron chi connectivity index (χ2n) is 21.8. The van der Waals surface area contributed by atoms with Gasteiger partial charge in [0.1, 0.15) is 66.1 Å². The average molecular weight is 1340 g/mol. The number of anilines is 2. The molecule has 0 fully saturated rings. The monoisotopic (exact) mass is 1330 g/mol. The summed E-state index contributed by atoms with van der Waals surface area (Å²) >= 11 is 0. The van der Waals surface area contributed by atoms with Crippen molar-refractivity contribution in [3.05, 3.63) is 298 Å². The summed E-state index contributed by atoms with van der Waals surface area (Å²) < 4.78 is 150. The molecule has 0 aliphatic heterocycles. The summed E-state index contributed by atoms with van der Waals surface area (Å²) in [6.07, 6.45) is 14.3. The van der Waals surface area contributed by atoms with Crippen molar-refractivity contribution >= 4 is 97.5 Å². The third-order valence-corrected chi connectivity index (χ3v) is 18.7. The predicted octanol–water partition coefficient (Wildman–Crippen LogP) is 9.72. The summed E-state index contributed by atoms with van der Waals surface area (Å²) in [5, 5.41) is 21.1. The minimum Gasteiger partial charge on any atom is -0.744 e. The first-order chi connectivity index (χ1) is 43.6. The fraction of sp³-hybridized carbons (Fsp3) is 0.114. The van der Waals surface area contributed by atoms with Gasteiger partial charge in [-0.15, -0.1) is 0 Å². The molecule has 0 atom stereocenters. The Morgan fingerprint density at radius 3 is 0.914 bits per heavy atom. The summed E-state index contributed by atoms with van der Waals surface area (Å²) in [6.45, 7) is 2.52. The van der Waals surface area contributed by atoms with Crippen molar-refractivity contribution in [3.8, 4) is 11.5 Å². The molecule has 8 aromatic rings. The molecule has 472 valence electrons. The van der Waals surface area contributed by atoms with Gasteiger partial charge in [0.2, 0.25) is 0 Å². The summed E-state index contributed by atoms with van der Waals surface area (Å²) in [5.74, 6) is -1.93. The Hall–Kier alpha value is -8.85. The molecule has 0 spiro atoms. The Labute approximate surface area is 558 Å². The molecular weight excluding hydrogens is 1270 g/mol. The van der Waals surface area contributed by atoms with E-state index in [1.165, 1.54) is 0 Å². The summed E-state index contributed by atoms with van der Waals surface area (Å²) in [4.78, 5) is -0.204. The summed E-state index contributed by atoms with van der Waals surface area (Å²) in [6, 6.07) is 56.4. The van der Waals surface area contributed by atoms with Crippen LogP contribution in [0, 0.1) is 0 Å². The normalized spacial score (nSPS) is 13.0. The Morgan fingerprint density at radius 1 is 0.376 bits per heavy atom. The van der Waals surface area contributed by atoms with Gasteiger partial charge in [0, 0.05) is 85.1 Å². The fourth-order valence-electron chi connectivity index (χ4n) is 10.6. The van der Waals surface area contributed by atoms with Gasteiger partial charge in [-0.1, -0.05) is 146 Å². The zero-order chi connectivity index (χ0) is 66.1. The van der Waals surface area contributed by atoms with Crippen LogP contribution >= 0.6 is 0 Å². The third kappa shape index (κ3) is 17.8. The van der Waals surface area contributed by atoms with Crippen molar-refractivity contribution in [3.63, 3.8) is 0 Å². The molecule has 0 radical (unpaired) electrons. The van der Waals surface area contributed by atoms with Crippen molar-refractivity contribution in [1.82, 2.24) is 0 Å². The standard InChI is InChI=1S/2C35H32N2O7S2.Mg/c2*1-36(23-25-9-5-3-6-10-25)29-17-13-27(14-18-29)35(31-21-32(38)34(46(42,43)44)22-33(31)45(39,40)41)28-15-19-30(20-16-28)37(2)24-26-11-7-4-8-12-26;/h2*3-22H,23-24H2,1-2H3,(H2-,38,39,40,41,42,43,44);/q;;+2/p-2. The topological polar surface area (TPSA) is 282 Å². The van der Waals surface area contributed by atoms with E-state index in [0.717, 1.165) is 57.2 Å². The van der Waals surface area contributed by atoms with E-state index in [2.05, 4.69) is 0 Å². The van der Waals surface area contributed by atoms with Crippen molar-refractivity contribution < 1.29 is 71.2 Å². The van der Waals surface area contributed by atoms with Crippen LogP contribution in [0.25, 0.3) is 11.1 Å². The van der Waals surface area contributed by atoms with E-state index in [0.29, 0.717) is 60.6 Å². The second kappa shape index (κ2) is 29.8. The number of rotatable bonds is 18. The smallest absolute Gasteiger partial charge is 0.744 e. The number of nitrogens with zero attached hydrogens (tertiary/aromatic N) is 4. The van der Waals surface area contributed by atoms with Gasteiger partial charge in [-0.2, -0.15) is 0 Å². The Morgan fingerprint density at radius 2 is 0.645 bits per heavy atom. The quantitative estimate of drug-likeness (QED) is 0.0459. The van der Waals surface area contributed by atoms with Gasteiger partial charge in [0.05, 0.1) is 19.6 Å². The van der Waals surface area contributed by atoms with E-state index < -0.39 is 71.6 Å². The van der Waals surface area contributed by atoms with Crippen LogP contribution in [-0.4, -0.2) is 134 Å². The van der Waals surface area contributed by atoms with Crippen LogP contribution in [0.15, 0.2) is 273 Å². The molecule has 0 saturated heterocycles. The molecule has 8 aromatic carbocycles. The summed E-state index contributed by atoms with van der Waals surface area (Å²) in [5.41, 5.74) is 9.82. The van der Waals surface area contributed by atoms with Gasteiger partial charge in [0.25, 0.3) is 0 Å². The molecule has 0 bridgehead atoms. The van der Waals surface area contributed by atoms with Crippen molar-refractivity contribution in [2.45, 2.75) is 45.8 Å². The number of aromatic hydroxyl groups is 2. The van der Waals surface area contributed by atoms with E-state index >= 15 is 0 Å². The maximum atomic E-state index is 12.5. The van der Waals surface area contributed by atoms with Crippen LogP contribution in [0.2, 0.25) is 0 Å². The number of phenols is 2. The van der Waals surface area contributed by atoms with Crippen LogP contribution in [0.5, 0.6) is 11.5 Å². The number of hydrogen-bond donors (Lipinski definition) is 2. The molecule has 23 heteroatoms. The molecule has 18 nitrogen and oxygen atoms in total. The summed E-state index contributed by atoms with van der Waals surface area (Å²) in [7, 11) is -13.5. The zero-order valence-electron chi connectivity index (χ0n) is 50.8. The van der Waals surface area contributed by atoms with E-state index in [4.69, 9.17) is 0 Å². The molecule has 0 amide bonds. The van der Waals surface area contributed by atoms with Crippen LogP contribution < -0.4 is 9.80 Å². The number of allylic oxidation sites excluding steroid dienone is 10. The van der Waals surface area contributed by atoms with Gasteiger partial charge in [-0.3, -0.25) is 0 Å². The number of benzene rings is 8. The molecule has 0 heterocycles. The van der Waals surface area contributed by atoms with Crippen molar-refractivity contribution in [1.29, 1.82) is 0 Å². The van der Waals surface area contributed by atoms with E-state index in [1.807, 2.05) is 217 Å². The Kier molecular flexibility index (Phi) is 22.5. The molecule has 0 aromatic heterocycles. The maximum Gasteiger partial charge on any atom is 2.00 e. The first kappa shape index (κ1) is 70.0.